The Balaban J connectivity index is 2.86. The highest BCUT2D eigenvalue weighted by Crippen LogP contribution is 2.38. The van der Waals surface area contributed by atoms with Crippen molar-refractivity contribution in [3.63, 3.8) is 0 Å². The standard InChI is InChI=1S/C14H27NO5Si/c1-14(2,3)21(5,6)20-11-7-10(12(16)19-4)8-15(9-11)13(17)18/h10-11H,7-9H2,1-6H3,(H,17,18). The fraction of sp³-hybridized carbons (Fsp3) is 0.857. The zero-order chi connectivity index (χ0) is 16.4. The van der Waals surface area contributed by atoms with Crippen LogP contribution >= 0.6 is 0 Å². The number of methoxy groups -OCH3 is 1. The number of hydrogen-bond donors (Lipinski definition) is 1. The number of amides is 1. The predicted molar refractivity (Wildman–Crippen MR) is 81.8 cm³/mol. The van der Waals surface area contributed by atoms with Crippen LogP contribution in [0.2, 0.25) is 18.1 Å². The molecule has 0 bridgehead atoms. The first kappa shape index (κ1) is 18.0. The Morgan fingerprint density at radius 2 is 1.81 bits per heavy atom. The summed E-state index contributed by atoms with van der Waals surface area (Å²) in [7, 11) is -0.678. The van der Waals surface area contributed by atoms with Gasteiger partial charge in [-0.3, -0.25) is 4.79 Å². The van der Waals surface area contributed by atoms with Gasteiger partial charge in [-0.15, -0.1) is 0 Å². The van der Waals surface area contributed by atoms with Gasteiger partial charge in [0.25, 0.3) is 0 Å². The van der Waals surface area contributed by atoms with Gasteiger partial charge in [0.1, 0.15) is 0 Å². The smallest absolute Gasteiger partial charge is 0.407 e. The van der Waals surface area contributed by atoms with Crippen molar-refractivity contribution in [1.29, 1.82) is 0 Å². The van der Waals surface area contributed by atoms with Gasteiger partial charge in [0.05, 0.1) is 19.1 Å². The maximum absolute atomic E-state index is 11.8. The van der Waals surface area contributed by atoms with E-state index in [0.717, 1.165) is 0 Å². The first-order valence-corrected chi connectivity index (χ1v) is 10.1. The SMILES string of the molecule is COC(=O)C1CC(O[Si](C)(C)C(C)(C)C)CN(C(=O)O)C1. The van der Waals surface area contributed by atoms with Crippen LogP contribution in [-0.2, 0) is 14.0 Å². The van der Waals surface area contributed by atoms with Gasteiger partial charge in [-0.05, 0) is 24.6 Å². The van der Waals surface area contributed by atoms with E-state index in [4.69, 9.17) is 9.16 Å². The molecule has 0 radical (unpaired) electrons. The Hall–Kier alpha value is -1.08. The normalized spacial score (nSPS) is 23.8. The molecule has 1 aliphatic rings. The summed E-state index contributed by atoms with van der Waals surface area (Å²) in [5, 5.41) is 9.26. The molecular weight excluding hydrogens is 290 g/mol. The number of piperidine rings is 1. The maximum atomic E-state index is 11.8. The third kappa shape index (κ3) is 4.44. The highest BCUT2D eigenvalue weighted by Gasteiger charge is 2.42. The summed E-state index contributed by atoms with van der Waals surface area (Å²) in [6, 6.07) is 0. The number of carbonyl (C=O) groups is 2. The molecule has 0 spiro atoms. The first-order chi connectivity index (χ1) is 9.48. The fourth-order valence-corrected chi connectivity index (χ4v) is 3.58. The minimum atomic E-state index is -2.00. The molecule has 2 atom stereocenters. The number of nitrogens with zero attached hydrogens (tertiary/aromatic N) is 1. The molecule has 0 aromatic heterocycles. The summed E-state index contributed by atoms with van der Waals surface area (Å²) < 4.78 is 11.0. The zero-order valence-corrected chi connectivity index (χ0v) is 14.8. The number of rotatable bonds is 3. The molecule has 0 aromatic rings. The predicted octanol–water partition coefficient (Wildman–Crippen LogP) is 2.55. The zero-order valence-electron chi connectivity index (χ0n) is 13.8. The topological polar surface area (TPSA) is 76.1 Å². The van der Waals surface area contributed by atoms with E-state index in [-0.39, 0.29) is 23.7 Å². The molecule has 21 heavy (non-hydrogen) atoms. The minimum absolute atomic E-state index is 0.0409. The number of carboxylic acid groups (broad SMARTS) is 1. The van der Waals surface area contributed by atoms with Crippen LogP contribution in [-0.4, -0.2) is 56.7 Å². The van der Waals surface area contributed by atoms with Crippen LogP contribution in [0.25, 0.3) is 0 Å². The number of likely N-dealkylation sites (tertiary alicyclic amines) is 1. The van der Waals surface area contributed by atoms with Gasteiger partial charge in [0, 0.05) is 13.1 Å². The molecule has 1 saturated heterocycles. The third-order valence-electron chi connectivity index (χ3n) is 4.48. The fourth-order valence-electron chi connectivity index (χ4n) is 2.23. The number of carbonyl (C=O) groups excluding carboxylic acids is 1. The van der Waals surface area contributed by atoms with Crippen molar-refractivity contribution in [2.45, 2.75) is 51.4 Å². The lowest BCUT2D eigenvalue weighted by molar-refractivity contribution is -0.148. The summed E-state index contributed by atoms with van der Waals surface area (Å²) in [5.74, 6) is -0.820. The first-order valence-electron chi connectivity index (χ1n) is 7.21. The average molecular weight is 317 g/mol. The molecule has 1 amide bonds. The number of ether oxygens (including phenoxy) is 1. The molecule has 2 unspecified atom stereocenters. The van der Waals surface area contributed by atoms with Crippen LogP contribution < -0.4 is 0 Å². The van der Waals surface area contributed by atoms with E-state index in [0.29, 0.717) is 13.0 Å². The average Bonchev–Trinajstić information content (AvgIpc) is 2.35. The lowest BCUT2D eigenvalue weighted by atomic mass is 9.96. The van der Waals surface area contributed by atoms with E-state index in [1.165, 1.54) is 12.0 Å². The second kappa shape index (κ2) is 6.35. The molecule has 7 heteroatoms. The maximum Gasteiger partial charge on any atom is 0.407 e. The summed E-state index contributed by atoms with van der Waals surface area (Å²) in [5.41, 5.74) is 0. The highest BCUT2D eigenvalue weighted by atomic mass is 28.4. The molecule has 1 aliphatic heterocycles. The second-order valence-corrected chi connectivity index (χ2v) is 11.9. The Labute approximate surface area is 127 Å². The molecule has 1 fully saturated rings. The molecule has 0 aromatic carbocycles. The summed E-state index contributed by atoms with van der Waals surface area (Å²) in [6.45, 7) is 11.1. The third-order valence-corrected chi connectivity index (χ3v) is 9.02. The summed E-state index contributed by atoms with van der Waals surface area (Å²) >= 11 is 0. The van der Waals surface area contributed by atoms with E-state index in [1.54, 1.807) is 0 Å². The molecule has 0 saturated carbocycles. The van der Waals surface area contributed by atoms with Gasteiger partial charge in [0.2, 0.25) is 0 Å². The van der Waals surface area contributed by atoms with Gasteiger partial charge in [0.15, 0.2) is 8.32 Å². The lowest BCUT2D eigenvalue weighted by Crippen LogP contribution is -2.53. The molecule has 122 valence electrons. The number of esters is 1. The number of hydrogen-bond acceptors (Lipinski definition) is 4. The largest absolute Gasteiger partial charge is 0.469 e. The van der Waals surface area contributed by atoms with Crippen molar-refractivity contribution in [2.24, 2.45) is 5.92 Å². The Kier molecular flexibility index (Phi) is 5.44. The van der Waals surface area contributed by atoms with Crippen molar-refractivity contribution in [3.8, 4) is 0 Å². The van der Waals surface area contributed by atoms with E-state index < -0.39 is 20.3 Å². The van der Waals surface area contributed by atoms with Crippen molar-refractivity contribution in [2.75, 3.05) is 20.2 Å². The second-order valence-electron chi connectivity index (χ2n) is 7.14. The Morgan fingerprint density at radius 1 is 1.24 bits per heavy atom. The van der Waals surface area contributed by atoms with E-state index >= 15 is 0 Å². The molecule has 1 heterocycles. The van der Waals surface area contributed by atoms with Gasteiger partial charge in [-0.1, -0.05) is 20.8 Å². The van der Waals surface area contributed by atoms with Crippen LogP contribution in [0.4, 0.5) is 4.79 Å². The van der Waals surface area contributed by atoms with Gasteiger partial charge >= 0.3 is 12.1 Å². The van der Waals surface area contributed by atoms with Crippen LogP contribution in [0.5, 0.6) is 0 Å². The molecular formula is C14H27NO5Si. The van der Waals surface area contributed by atoms with Crippen molar-refractivity contribution >= 4 is 20.4 Å². The van der Waals surface area contributed by atoms with Crippen molar-refractivity contribution < 1.29 is 23.9 Å². The molecule has 0 aliphatic carbocycles. The molecule has 6 nitrogen and oxygen atoms in total. The van der Waals surface area contributed by atoms with Crippen LogP contribution in [0.15, 0.2) is 0 Å². The van der Waals surface area contributed by atoms with Gasteiger partial charge in [-0.2, -0.15) is 0 Å². The Bertz CT molecular complexity index is 405. The Morgan fingerprint density at radius 3 is 2.24 bits per heavy atom. The molecule has 1 N–H and O–H groups in total. The highest BCUT2D eigenvalue weighted by molar-refractivity contribution is 6.74. The lowest BCUT2D eigenvalue weighted by Gasteiger charge is -2.43. The monoisotopic (exact) mass is 317 g/mol. The summed E-state index contributed by atoms with van der Waals surface area (Å²) in [4.78, 5) is 24.3. The van der Waals surface area contributed by atoms with E-state index in [2.05, 4.69) is 33.9 Å². The van der Waals surface area contributed by atoms with Crippen LogP contribution in [0.1, 0.15) is 27.2 Å². The van der Waals surface area contributed by atoms with E-state index in [9.17, 15) is 14.7 Å². The van der Waals surface area contributed by atoms with Crippen LogP contribution in [0.3, 0.4) is 0 Å². The summed E-state index contributed by atoms with van der Waals surface area (Å²) in [6.07, 6.45) is -0.754. The van der Waals surface area contributed by atoms with Gasteiger partial charge in [-0.25, -0.2) is 4.79 Å². The van der Waals surface area contributed by atoms with Crippen molar-refractivity contribution in [1.82, 2.24) is 4.90 Å². The van der Waals surface area contributed by atoms with Crippen LogP contribution in [0, 0.1) is 5.92 Å². The minimum Gasteiger partial charge on any atom is -0.469 e. The quantitative estimate of drug-likeness (QED) is 0.639. The van der Waals surface area contributed by atoms with Gasteiger partial charge < -0.3 is 19.2 Å². The molecule has 1 rings (SSSR count). The van der Waals surface area contributed by atoms with Crippen molar-refractivity contribution in [3.05, 3.63) is 0 Å². The van der Waals surface area contributed by atoms with E-state index in [1.807, 2.05) is 0 Å².